The van der Waals surface area contributed by atoms with Crippen molar-refractivity contribution in [2.45, 2.75) is 19.8 Å². The molecule has 0 spiro atoms. The van der Waals surface area contributed by atoms with Crippen molar-refractivity contribution < 1.29 is 9.90 Å². The van der Waals surface area contributed by atoms with Gasteiger partial charge in [0, 0.05) is 43.3 Å². The molecular formula is C12H17N3O4. The van der Waals surface area contributed by atoms with Gasteiger partial charge in [-0.2, -0.15) is 0 Å². The summed E-state index contributed by atoms with van der Waals surface area (Å²) in [5.74, 6) is 0.150. The number of nitrogens with zero attached hydrogens (tertiary/aromatic N) is 1. The van der Waals surface area contributed by atoms with Crippen LogP contribution >= 0.6 is 0 Å². The normalized spacial score (nSPS) is 15.4. The summed E-state index contributed by atoms with van der Waals surface area (Å²) in [5, 5.41) is 8.88. The minimum Gasteiger partial charge on any atom is -0.396 e. The van der Waals surface area contributed by atoms with Crippen molar-refractivity contribution >= 4 is 5.91 Å². The van der Waals surface area contributed by atoms with Crippen molar-refractivity contribution in [2.75, 3.05) is 19.7 Å². The third-order valence-corrected chi connectivity index (χ3v) is 3.41. The van der Waals surface area contributed by atoms with E-state index in [1.54, 1.807) is 11.8 Å². The molecule has 1 aromatic rings. The van der Waals surface area contributed by atoms with E-state index in [4.69, 9.17) is 5.11 Å². The summed E-state index contributed by atoms with van der Waals surface area (Å²) in [6, 6.07) is 0. The van der Waals surface area contributed by atoms with Crippen molar-refractivity contribution in [2.24, 2.45) is 5.92 Å². The maximum absolute atomic E-state index is 11.8. The van der Waals surface area contributed by atoms with Crippen LogP contribution in [-0.2, 0) is 11.2 Å². The van der Waals surface area contributed by atoms with Crippen molar-refractivity contribution in [3.05, 3.63) is 32.1 Å². The van der Waals surface area contributed by atoms with Crippen LogP contribution in [-0.4, -0.2) is 45.6 Å². The van der Waals surface area contributed by atoms with E-state index in [0.717, 1.165) is 0 Å². The number of hydrogen-bond acceptors (Lipinski definition) is 4. The molecule has 0 unspecified atom stereocenters. The van der Waals surface area contributed by atoms with Crippen LogP contribution in [0.4, 0.5) is 0 Å². The Balaban J connectivity index is 1.95. The van der Waals surface area contributed by atoms with E-state index >= 15 is 0 Å². The largest absolute Gasteiger partial charge is 0.396 e. The molecule has 0 saturated carbocycles. The number of aryl methyl sites for hydroxylation is 1. The van der Waals surface area contributed by atoms with Gasteiger partial charge in [0.1, 0.15) is 0 Å². The second kappa shape index (κ2) is 5.40. The maximum atomic E-state index is 11.8. The molecule has 0 aliphatic carbocycles. The molecule has 0 bridgehead atoms. The number of carbonyl (C=O) groups excluding carboxylic acids is 1. The molecule has 19 heavy (non-hydrogen) atoms. The Morgan fingerprint density at radius 3 is 2.63 bits per heavy atom. The van der Waals surface area contributed by atoms with Gasteiger partial charge in [-0.3, -0.25) is 14.6 Å². The lowest BCUT2D eigenvalue weighted by Gasteiger charge is -2.38. The lowest BCUT2D eigenvalue weighted by molar-refractivity contribution is -0.138. The zero-order valence-electron chi connectivity index (χ0n) is 10.7. The van der Waals surface area contributed by atoms with Crippen LogP contribution in [0.15, 0.2) is 9.59 Å². The number of nitrogens with one attached hydrogen (secondary N) is 2. The van der Waals surface area contributed by atoms with Crippen molar-refractivity contribution in [3.63, 3.8) is 0 Å². The zero-order valence-corrected chi connectivity index (χ0v) is 10.7. The topological polar surface area (TPSA) is 106 Å². The Morgan fingerprint density at radius 2 is 2.05 bits per heavy atom. The number of H-pyrrole nitrogens is 2. The van der Waals surface area contributed by atoms with Crippen molar-refractivity contribution in [1.29, 1.82) is 0 Å². The first-order valence-electron chi connectivity index (χ1n) is 6.22. The number of likely N-dealkylation sites (tertiary alicyclic amines) is 1. The molecule has 104 valence electrons. The second-order valence-corrected chi connectivity index (χ2v) is 4.86. The number of aromatic nitrogens is 2. The molecule has 1 aromatic heterocycles. The van der Waals surface area contributed by atoms with Crippen molar-refractivity contribution in [3.8, 4) is 0 Å². The number of aromatic amines is 2. The molecule has 3 N–H and O–H groups in total. The lowest BCUT2D eigenvalue weighted by atomic mass is 10.00. The Hall–Kier alpha value is -1.89. The summed E-state index contributed by atoms with van der Waals surface area (Å²) in [5.41, 5.74) is -0.0393. The standard InChI is InChI=1S/C12H17N3O4/c1-7-9(11(18)14-12(19)13-7)2-3-10(17)15-4-8(5-15)6-16/h8,16H,2-6H2,1H3,(H2,13,14,18,19). The summed E-state index contributed by atoms with van der Waals surface area (Å²) >= 11 is 0. The van der Waals surface area contributed by atoms with Crippen LogP contribution in [0.1, 0.15) is 17.7 Å². The van der Waals surface area contributed by atoms with E-state index in [1.165, 1.54) is 0 Å². The Labute approximate surface area is 109 Å². The minimum absolute atomic E-state index is 0.0327. The van der Waals surface area contributed by atoms with Gasteiger partial charge in [0.25, 0.3) is 5.56 Å². The number of aliphatic hydroxyl groups excluding tert-OH is 1. The predicted octanol–water partition coefficient (Wildman–Crippen LogP) is -1.25. The molecule has 2 rings (SSSR count). The number of amides is 1. The first kappa shape index (κ1) is 13.5. The molecule has 0 atom stereocenters. The van der Waals surface area contributed by atoms with Crippen LogP contribution in [0.5, 0.6) is 0 Å². The molecule has 7 nitrogen and oxygen atoms in total. The van der Waals surface area contributed by atoms with Gasteiger partial charge in [0.2, 0.25) is 5.91 Å². The van der Waals surface area contributed by atoms with E-state index in [0.29, 0.717) is 30.8 Å². The average molecular weight is 267 g/mol. The van der Waals surface area contributed by atoms with Crippen LogP contribution < -0.4 is 11.2 Å². The van der Waals surface area contributed by atoms with Gasteiger partial charge in [-0.1, -0.05) is 0 Å². The van der Waals surface area contributed by atoms with E-state index in [-0.39, 0.29) is 24.9 Å². The average Bonchev–Trinajstić information content (AvgIpc) is 2.25. The van der Waals surface area contributed by atoms with Gasteiger partial charge in [-0.25, -0.2) is 4.79 Å². The smallest absolute Gasteiger partial charge is 0.325 e. The summed E-state index contributed by atoms with van der Waals surface area (Å²) in [7, 11) is 0. The number of aliphatic hydroxyl groups is 1. The molecule has 1 fully saturated rings. The van der Waals surface area contributed by atoms with Crippen LogP contribution in [0, 0.1) is 12.8 Å². The molecule has 1 aliphatic rings. The Bertz CT molecular complexity index is 583. The molecular weight excluding hydrogens is 250 g/mol. The van der Waals surface area contributed by atoms with Gasteiger partial charge >= 0.3 is 5.69 Å². The molecule has 1 saturated heterocycles. The van der Waals surface area contributed by atoms with Crippen LogP contribution in [0.25, 0.3) is 0 Å². The van der Waals surface area contributed by atoms with Gasteiger partial charge in [-0.05, 0) is 13.3 Å². The zero-order chi connectivity index (χ0) is 14.0. The van der Waals surface area contributed by atoms with E-state index in [2.05, 4.69) is 9.97 Å². The van der Waals surface area contributed by atoms with E-state index in [1.807, 2.05) is 0 Å². The van der Waals surface area contributed by atoms with E-state index < -0.39 is 11.2 Å². The summed E-state index contributed by atoms with van der Waals surface area (Å²) in [6.45, 7) is 2.90. The number of hydrogen-bond donors (Lipinski definition) is 3. The summed E-state index contributed by atoms with van der Waals surface area (Å²) in [4.78, 5) is 40.7. The monoisotopic (exact) mass is 267 g/mol. The highest BCUT2D eigenvalue weighted by Gasteiger charge is 2.29. The molecule has 2 heterocycles. The summed E-state index contributed by atoms with van der Waals surface area (Å²) < 4.78 is 0. The molecule has 1 amide bonds. The highest BCUT2D eigenvalue weighted by molar-refractivity contribution is 5.77. The molecule has 7 heteroatoms. The summed E-state index contributed by atoms with van der Waals surface area (Å²) in [6.07, 6.45) is 0.533. The van der Waals surface area contributed by atoms with Crippen molar-refractivity contribution in [1.82, 2.24) is 14.9 Å². The lowest BCUT2D eigenvalue weighted by Crippen LogP contribution is -2.51. The fourth-order valence-corrected chi connectivity index (χ4v) is 2.21. The van der Waals surface area contributed by atoms with Gasteiger partial charge in [-0.15, -0.1) is 0 Å². The highest BCUT2D eigenvalue weighted by Crippen LogP contribution is 2.16. The quantitative estimate of drug-likeness (QED) is 0.634. The number of carbonyl (C=O) groups is 1. The third-order valence-electron chi connectivity index (χ3n) is 3.41. The molecule has 0 aromatic carbocycles. The molecule has 1 aliphatic heterocycles. The maximum Gasteiger partial charge on any atom is 0.325 e. The second-order valence-electron chi connectivity index (χ2n) is 4.86. The van der Waals surface area contributed by atoms with E-state index in [9.17, 15) is 14.4 Å². The first-order chi connectivity index (χ1) is 9.01. The Kier molecular flexibility index (Phi) is 3.84. The van der Waals surface area contributed by atoms with Gasteiger partial charge < -0.3 is 15.0 Å². The third kappa shape index (κ3) is 2.93. The Morgan fingerprint density at radius 1 is 1.37 bits per heavy atom. The minimum atomic E-state index is -0.536. The van der Waals surface area contributed by atoms with Crippen LogP contribution in [0.2, 0.25) is 0 Å². The SMILES string of the molecule is Cc1[nH]c(=O)[nH]c(=O)c1CCC(=O)N1CC(CO)C1. The molecule has 0 radical (unpaired) electrons. The fourth-order valence-electron chi connectivity index (χ4n) is 2.21. The first-order valence-corrected chi connectivity index (χ1v) is 6.22. The van der Waals surface area contributed by atoms with Gasteiger partial charge in [0.15, 0.2) is 0 Å². The highest BCUT2D eigenvalue weighted by atomic mass is 16.3. The predicted molar refractivity (Wildman–Crippen MR) is 67.9 cm³/mol. The fraction of sp³-hybridized carbons (Fsp3) is 0.583. The van der Waals surface area contributed by atoms with Gasteiger partial charge in [0.05, 0.1) is 0 Å². The number of rotatable bonds is 4. The van der Waals surface area contributed by atoms with Crippen LogP contribution in [0.3, 0.4) is 0 Å².